The Morgan fingerprint density at radius 3 is 1.81 bits per heavy atom. The van der Waals surface area contributed by atoms with Crippen LogP contribution >= 0.6 is 0 Å². The van der Waals surface area contributed by atoms with Gasteiger partial charge in [-0.05, 0) is 0 Å². The molecule has 0 aromatic rings. The molecule has 2 aliphatic rings. The molecule has 0 saturated carbocycles. The van der Waals surface area contributed by atoms with Crippen molar-refractivity contribution in [3.63, 3.8) is 0 Å². The molecule has 0 radical (unpaired) electrons. The Morgan fingerprint density at radius 1 is 0.778 bits per heavy atom. The normalized spacial score (nSPS) is 46.4. The van der Waals surface area contributed by atoms with Crippen LogP contribution in [-0.4, -0.2) is 123 Å². The van der Waals surface area contributed by atoms with E-state index < -0.39 is 85.0 Å². The number of aliphatic hydroxyl groups is 7. The Balaban J connectivity index is 2.16. The third-order valence-electron chi connectivity index (χ3n) is 4.18. The molecule has 2 fully saturated rings. The zero-order valence-electron chi connectivity index (χ0n) is 13.6. The SMILES string of the molecule is O=S(=O)(O)O[C@H]1[C@H](O)[C@@H](O)[C@H](O[C@H]2[C@H](O)[C@@H](O)[C@H](O)O[C@@H]2CO)O[C@@H]1CO. The number of rotatable bonds is 6. The average Bonchev–Trinajstić information content (AvgIpc) is 2.60. The molecule has 160 valence electrons. The van der Waals surface area contributed by atoms with Crippen molar-refractivity contribution in [1.82, 2.24) is 0 Å². The van der Waals surface area contributed by atoms with Crippen molar-refractivity contribution in [1.29, 1.82) is 0 Å². The molecule has 0 spiro atoms. The molecular weight excluding hydrogens is 400 g/mol. The van der Waals surface area contributed by atoms with Crippen LogP contribution in [-0.2, 0) is 28.8 Å². The first-order valence-corrected chi connectivity index (χ1v) is 9.10. The Hall–Kier alpha value is -0.530. The molecular formula is C12H22O14S. The first-order valence-electron chi connectivity index (χ1n) is 7.74. The highest BCUT2D eigenvalue weighted by Crippen LogP contribution is 2.29. The lowest BCUT2D eigenvalue weighted by molar-refractivity contribution is -0.353. The van der Waals surface area contributed by atoms with Crippen molar-refractivity contribution in [2.45, 2.75) is 61.4 Å². The van der Waals surface area contributed by atoms with E-state index in [2.05, 4.69) is 4.18 Å². The van der Waals surface area contributed by atoms with Crippen molar-refractivity contribution in [2.24, 2.45) is 0 Å². The minimum atomic E-state index is -5.06. The third-order valence-corrected chi connectivity index (χ3v) is 4.65. The van der Waals surface area contributed by atoms with Crippen molar-refractivity contribution < 1.29 is 67.1 Å². The van der Waals surface area contributed by atoms with Gasteiger partial charge in [-0.1, -0.05) is 0 Å². The van der Waals surface area contributed by atoms with E-state index in [0.29, 0.717) is 0 Å². The summed E-state index contributed by atoms with van der Waals surface area (Å²) in [5.41, 5.74) is 0. The highest BCUT2D eigenvalue weighted by atomic mass is 32.3. The quantitative estimate of drug-likeness (QED) is 0.186. The third kappa shape index (κ3) is 5.10. The number of ether oxygens (including phenoxy) is 3. The summed E-state index contributed by atoms with van der Waals surface area (Å²) in [4.78, 5) is 0. The fourth-order valence-electron chi connectivity index (χ4n) is 2.81. The van der Waals surface area contributed by atoms with E-state index in [1.807, 2.05) is 0 Å². The molecule has 2 aliphatic heterocycles. The molecule has 15 heteroatoms. The molecule has 0 bridgehead atoms. The highest BCUT2D eigenvalue weighted by Gasteiger charge is 2.51. The van der Waals surface area contributed by atoms with Crippen molar-refractivity contribution in [3.05, 3.63) is 0 Å². The van der Waals surface area contributed by atoms with Crippen molar-refractivity contribution in [3.8, 4) is 0 Å². The molecule has 0 aliphatic carbocycles. The summed E-state index contributed by atoms with van der Waals surface area (Å²) in [6.45, 7) is -1.69. The topological polar surface area (TPSA) is 233 Å². The summed E-state index contributed by atoms with van der Waals surface area (Å²) >= 11 is 0. The summed E-state index contributed by atoms with van der Waals surface area (Å²) in [7, 11) is -5.06. The van der Waals surface area contributed by atoms with E-state index in [1.165, 1.54) is 0 Å². The van der Waals surface area contributed by atoms with Crippen LogP contribution in [0, 0.1) is 0 Å². The first kappa shape index (κ1) is 22.8. The predicted octanol–water partition coefficient (Wildman–Crippen LogP) is -5.57. The second kappa shape index (κ2) is 8.87. The van der Waals surface area contributed by atoms with Gasteiger partial charge in [0.2, 0.25) is 0 Å². The Labute approximate surface area is 153 Å². The number of hydrogen-bond acceptors (Lipinski definition) is 13. The molecule has 8 N–H and O–H groups in total. The first-order chi connectivity index (χ1) is 12.5. The number of aliphatic hydroxyl groups excluding tert-OH is 7. The van der Waals surface area contributed by atoms with Crippen LogP contribution in [0.15, 0.2) is 0 Å². The van der Waals surface area contributed by atoms with Gasteiger partial charge in [-0.3, -0.25) is 4.55 Å². The van der Waals surface area contributed by atoms with Crippen LogP contribution in [0.5, 0.6) is 0 Å². The molecule has 10 atom stereocenters. The smallest absolute Gasteiger partial charge is 0.394 e. The summed E-state index contributed by atoms with van der Waals surface area (Å²) in [5, 5.41) is 67.8. The van der Waals surface area contributed by atoms with E-state index >= 15 is 0 Å². The molecule has 2 rings (SSSR count). The minimum Gasteiger partial charge on any atom is -0.394 e. The molecule has 0 aromatic carbocycles. The van der Waals surface area contributed by atoms with Crippen LogP contribution in [0.4, 0.5) is 0 Å². The molecule has 0 aromatic heterocycles. The maximum Gasteiger partial charge on any atom is 0.397 e. The van der Waals surface area contributed by atoms with E-state index in [0.717, 1.165) is 0 Å². The molecule has 0 unspecified atom stereocenters. The van der Waals surface area contributed by atoms with Crippen LogP contribution in [0.25, 0.3) is 0 Å². The maximum atomic E-state index is 10.8. The van der Waals surface area contributed by atoms with Gasteiger partial charge in [0.25, 0.3) is 0 Å². The van der Waals surface area contributed by atoms with Crippen LogP contribution in [0.2, 0.25) is 0 Å². The van der Waals surface area contributed by atoms with Gasteiger partial charge in [-0.15, -0.1) is 0 Å². The summed E-state index contributed by atoms with van der Waals surface area (Å²) in [5.74, 6) is 0. The lowest BCUT2D eigenvalue weighted by Gasteiger charge is -2.45. The highest BCUT2D eigenvalue weighted by molar-refractivity contribution is 7.80. The van der Waals surface area contributed by atoms with Crippen LogP contribution in [0.1, 0.15) is 0 Å². The van der Waals surface area contributed by atoms with E-state index in [4.69, 9.17) is 18.8 Å². The standard InChI is InChI=1S/C12H22O14S/c13-1-3-9(5(15)7(17)11(19)23-3)25-12-8(18)6(16)10(4(2-14)24-12)26-27(20,21)22/h3-19H,1-2H2,(H,20,21,22)/t3-,4-,5-,6-,7-,8-,9-,10-,11-,12+/m1/s1. The second-order valence-electron chi connectivity index (χ2n) is 6.02. The van der Waals surface area contributed by atoms with Gasteiger partial charge < -0.3 is 50.0 Å². The molecule has 2 saturated heterocycles. The molecule has 27 heavy (non-hydrogen) atoms. The largest absolute Gasteiger partial charge is 0.397 e. The van der Waals surface area contributed by atoms with Gasteiger partial charge in [0, 0.05) is 0 Å². The fraction of sp³-hybridized carbons (Fsp3) is 1.00. The van der Waals surface area contributed by atoms with Gasteiger partial charge in [-0.25, -0.2) is 4.18 Å². The Kier molecular flexibility index (Phi) is 7.47. The second-order valence-corrected chi connectivity index (χ2v) is 7.07. The number of hydrogen-bond donors (Lipinski definition) is 8. The Morgan fingerprint density at radius 2 is 1.30 bits per heavy atom. The summed E-state index contributed by atoms with van der Waals surface area (Å²) in [6.07, 6.45) is -17.6. The predicted molar refractivity (Wildman–Crippen MR) is 79.0 cm³/mol. The van der Waals surface area contributed by atoms with Gasteiger partial charge in [0.15, 0.2) is 12.6 Å². The minimum absolute atomic E-state index is 0.769. The van der Waals surface area contributed by atoms with E-state index in [9.17, 15) is 44.2 Å². The van der Waals surface area contributed by atoms with Gasteiger partial charge in [0.05, 0.1) is 13.2 Å². The lowest BCUT2D eigenvalue weighted by atomic mass is 9.97. The van der Waals surface area contributed by atoms with E-state index in [-0.39, 0.29) is 0 Å². The zero-order chi connectivity index (χ0) is 20.5. The summed E-state index contributed by atoms with van der Waals surface area (Å²) in [6, 6.07) is 0. The van der Waals surface area contributed by atoms with Crippen LogP contribution < -0.4 is 0 Å². The molecule has 14 nitrogen and oxygen atoms in total. The molecule has 2 heterocycles. The average molecular weight is 422 g/mol. The maximum absolute atomic E-state index is 10.8. The van der Waals surface area contributed by atoms with E-state index in [1.54, 1.807) is 0 Å². The molecule has 0 amide bonds. The zero-order valence-corrected chi connectivity index (χ0v) is 14.4. The van der Waals surface area contributed by atoms with Gasteiger partial charge in [-0.2, -0.15) is 8.42 Å². The fourth-order valence-corrected chi connectivity index (χ4v) is 3.33. The summed E-state index contributed by atoms with van der Waals surface area (Å²) < 4.78 is 49.8. The monoisotopic (exact) mass is 422 g/mol. The lowest BCUT2D eigenvalue weighted by Crippen LogP contribution is -2.64. The van der Waals surface area contributed by atoms with Crippen molar-refractivity contribution in [2.75, 3.05) is 13.2 Å². The Bertz CT molecular complexity index is 581. The van der Waals surface area contributed by atoms with Gasteiger partial charge in [0.1, 0.15) is 48.8 Å². The van der Waals surface area contributed by atoms with Crippen LogP contribution in [0.3, 0.4) is 0 Å². The van der Waals surface area contributed by atoms with Crippen molar-refractivity contribution >= 4 is 10.4 Å². The van der Waals surface area contributed by atoms with Gasteiger partial charge >= 0.3 is 10.4 Å².